The molecule has 2 aromatic heterocycles. The number of hydrogen-bond donors (Lipinski definition) is 1. The van der Waals surface area contributed by atoms with Gasteiger partial charge in [-0.2, -0.15) is 14.5 Å². The molecule has 0 saturated carbocycles. The number of aromatic nitrogens is 4. The molecule has 0 aromatic carbocycles. The van der Waals surface area contributed by atoms with Crippen LogP contribution in [-0.2, 0) is 35.5 Å². The molecule has 3 rings (SSSR count). The lowest BCUT2D eigenvalue weighted by molar-refractivity contribution is -0.126. The molecule has 2 aromatic rings. The normalized spacial score (nSPS) is 18.6. The monoisotopic (exact) mass is 394 g/mol. The molecule has 148 valence electrons. The molecule has 0 spiro atoms. The summed E-state index contributed by atoms with van der Waals surface area (Å²) in [6, 6.07) is 0. The van der Waals surface area contributed by atoms with E-state index >= 15 is 0 Å². The van der Waals surface area contributed by atoms with Gasteiger partial charge in [-0.15, -0.1) is 0 Å². The summed E-state index contributed by atoms with van der Waals surface area (Å²) in [4.78, 5) is 12.8. The predicted molar refractivity (Wildman–Crippen MR) is 99.2 cm³/mol. The van der Waals surface area contributed by atoms with Crippen molar-refractivity contribution < 1.29 is 13.2 Å². The van der Waals surface area contributed by atoms with Crippen LogP contribution in [0.3, 0.4) is 0 Å². The van der Waals surface area contributed by atoms with Crippen LogP contribution in [0.2, 0.25) is 0 Å². The molecule has 0 bridgehead atoms. The average Bonchev–Trinajstić information content (AvgIpc) is 3.16. The number of aryl methyl sites for hydroxylation is 2. The Morgan fingerprint density at radius 2 is 1.85 bits per heavy atom. The van der Waals surface area contributed by atoms with Crippen LogP contribution in [0.15, 0.2) is 17.3 Å². The summed E-state index contributed by atoms with van der Waals surface area (Å²) in [5.74, 6) is -0.483. The molecule has 0 aliphatic carbocycles. The first-order chi connectivity index (χ1) is 12.7. The van der Waals surface area contributed by atoms with Crippen molar-refractivity contribution in [2.75, 3.05) is 13.1 Å². The zero-order valence-corrected chi connectivity index (χ0v) is 17.0. The number of carbonyl (C=O) groups excluding carboxylic acids is 1. The van der Waals surface area contributed by atoms with Gasteiger partial charge in [0, 0.05) is 45.0 Å². The predicted octanol–water partition coefficient (Wildman–Crippen LogP) is 0.488. The third kappa shape index (κ3) is 3.77. The highest BCUT2D eigenvalue weighted by molar-refractivity contribution is 7.89. The van der Waals surface area contributed by atoms with Crippen molar-refractivity contribution in [1.29, 1.82) is 0 Å². The fourth-order valence-corrected chi connectivity index (χ4v) is 5.00. The van der Waals surface area contributed by atoms with E-state index in [2.05, 4.69) is 15.5 Å². The molecular weight excluding hydrogens is 368 g/mol. The van der Waals surface area contributed by atoms with E-state index < -0.39 is 10.0 Å². The molecule has 0 radical (unpaired) electrons. The largest absolute Gasteiger partial charge is 0.352 e. The van der Waals surface area contributed by atoms with Crippen LogP contribution in [0.25, 0.3) is 0 Å². The lowest BCUT2D eigenvalue weighted by atomic mass is 9.99. The second kappa shape index (κ2) is 7.43. The van der Waals surface area contributed by atoms with Crippen LogP contribution in [-0.4, -0.2) is 51.3 Å². The summed E-state index contributed by atoms with van der Waals surface area (Å²) >= 11 is 0. The van der Waals surface area contributed by atoms with E-state index in [1.165, 1.54) is 15.2 Å². The van der Waals surface area contributed by atoms with Crippen molar-refractivity contribution in [1.82, 2.24) is 29.2 Å². The zero-order valence-electron chi connectivity index (χ0n) is 16.1. The van der Waals surface area contributed by atoms with Gasteiger partial charge in [-0.3, -0.25) is 14.2 Å². The number of nitrogens with one attached hydrogen (secondary N) is 1. The third-order valence-electron chi connectivity index (χ3n) is 5.35. The van der Waals surface area contributed by atoms with Gasteiger partial charge in [0.2, 0.25) is 15.9 Å². The van der Waals surface area contributed by atoms with Gasteiger partial charge in [0.15, 0.2) is 0 Å². The molecule has 1 saturated heterocycles. The van der Waals surface area contributed by atoms with Gasteiger partial charge < -0.3 is 5.32 Å². The fraction of sp³-hybridized carbons (Fsp3) is 0.588. The van der Waals surface area contributed by atoms with Crippen LogP contribution in [0.4, 0.5) is 0 Å². The number of hydrogen-bond acceptors (Lipinski definition) is 5. The Hall–Kier alpha value is -2.20. The summed E-state index contributed by atoms with van der Waals surface area (Å²) in [5, 5.41) is 11.1. The summed E-state index contributed by atoms with van der Waals surface area (Å²) < 4.78 is 30.6. The van der Waals surface area contributed by atoms with Crippen LogP contribution in [0, 0.1) is 19.8 Å². The maximum absolute atomic E-state index is 12.9. The Kier molecular flexibility index (Phi) is 5.38. The van der Waals surface area contributed by atoms with Gasteiger partial charge in [0.25, 0.3) is 0 Å². The van der Waals surface area contributed by atoms with Gasteiger partial charge in [-0.25, -0.2) is 8.42 Å². The second-order valence-corrected chi connectivity index (χ2v) is 8.92. The minimum atomic E-state index is -3.65. The van der Waals surface area contributed by atoms with Crippen LogP contribution >= 0.6 is 0 Å². The Bertz CT molecular complexity index is 946. The number of sulfonamides is 1. The number of rotatable bonds is 5. The maximum atomic E-state index is 12.9. The SMILES string of the molecule is Cc1c(CNC(=O)[C@@H]2CCCN(S(=O)(=O)c3cnn(C)c3C)C2)cnn1C. The number of carbonyl (C=O) groups is 1. The molecule has 27 heavy (non-hydrogen) atoms. The zero-order chi connectivity index (χ0) is 19.8. The molecule has 10 heteroatoms. The van der Waals surface area contributed by atoms with Gasteiger partial charge in [0.05, 0.1) is 24.0 Å². The van der Waals surface area contributed by atoms with Gasteiger partial charge in [-0.1, -0.05) is 0 Å². The molecular formula is C17H26N6O3S. The first-order valence-electron chi connectivity index (χ1n) is 8.95. The molecule has 1 N–H and O–H groups in total. The summed E-state index contributed by atoms with van der Waals surface area (Å²) in [5.41, 5.74) is 2.54. The highest BCUT2D eigenvalue weighted by Gasteiger charge is 2.34. The van der Waals surface area contributed by atoms with Crippen molar-refractivity contribution in [3.05, 3.63) is 29.3 Å². The fourth-order valence-electron chi connectivity index (χ4n) is 3.29. The Morgan fingerprint density at radius 1 is 1.19 bits per heavy atom. The van der Waals surface area contributed by atoms with Crippen LogP contribution < -0.4 is 5.32 Å². The highest BCUT2D eigenvalue weighted by atomic mass is 32.2. The average molecular weight is 395 g/mol. The quantitative estimate of drug-likeness (QED) is 0.795. The first-order valence-corrected chi connectivity index (χ1v) is 10.4. The van der Waals surface area contributed by atoms with E-state index in [9.17, 15) is 13.2 Å². The Balaban J connectivity index is 1.67. The number of amides is 1. The minimum Gasteiger partial charge on any atom is -0.352 e. The summed E-state index contributed by atoms with van der Waals surface area (Å²) in [7, 11) is -0.0904. The number of nitrogens with zero attached hydrogens (tertiary/aromatic N) is 5. The minimum absolute atomic E-state index is 0.124. The molecule has 1 amide bonds. The smallest absolute Gasteiger partial charge is 0.246 e. The second-order valence-electron chi connectivity index (χ2n) is 7.02. The number of piperidine rings is 1. The Labute approximate surface area is 159 Å². The van der Waals surface area contributed by atoms with Gasteiger partial charge in [0.1, 0.15) is 4.90 Å². The van der Waals surface area contributed by atoms with Crippen molar-refractivity contribution >= 4 is 15.9 Å². The van der Waals surface area contributed by atoms with E-state index in [0.29, 0.717) is 31.6 Å². The van der Waals surface area contributed by atoms with Crippen molar-refractivity contribution in [3.8, 4) is 0 Å². The molecule has 1 aliphatic rings. The van der Waals surface area contributed by atoms with Crippen molar-refractivity contribution in [2.24, 2.45) is 20.0 Å². The molecule has 0 unspecified atom stereocenters. The van der Waals surface area contributed by atoms with E-state index in [4.69, 9.17) is 0 Å². The summed E-state index contributed by atoms with van der Waals surface area (Å²) in [6.45, 7) is 4.67. The molecule has 9 nitrogen and oxygen atoms in total. The third-order valence-corrected chi connectivity index (χ3v) is 7.32. The highest BCUT2D eigenvalue weighted by Crippen LogP contribution is 2.25. The first kappa shape index (κ1) is 19.6. The van der Waals surface area contributed by atoms with Crippen molar-refractivity contribution in [2.45, 2.75) is 38.1 Å². The molecule has 3 heterocycles. The Morgan fingerprint density at radius 3 is 2.44 bits per heavy atom. The van der Waals surface area contributed by atoms with E-state index in [1.54, 1.807) is 24.9 Å². The van der Waals surface area contributed by atoms with Crippen LogP contribution in [0.5, 0.6) is 0 Å². The van der Waals surface area contributed by atoms with E-state index in [0.717, 1.165) is 11.3 Å². The van der Waals surface area contributed by atoms with Gasteiger partial charge in [-0.05, 0) is 26.7 Å². The van der Waals surface area contributed by atoms with E-state index in [-0.39, 0.29) is 23.3 Å². The standard InChI is InChI=1S/C17H26N6O3S/c1-12-15(9-19-21(12)3)8-18-17(24)14-6-5-7-23(11-14)27(25,26)16-10-20-22(4)13(16)2/h9-10,14H,5-8,11H2,1-4H3,(H,18,24)/t14-/m1/s1. The maximum Gasteiger partial charge on any atom is 0.246 e. The topological polar surface area (TPSA) is 102 Å². The van der Waals surface area contributed by atoms with Gasteiger partial charge >= 0.3 is 0 Å². The van der Waals surface area contributed by atoms with Crippen LogP contribution in [0.1, 0.15) is 29.8 Å². The lowest BCUT2D eigenvalue weighted by Crippen LogP contribution is -2.45. The summed E-state index contributed by atoms with van der Waals surface area (Å²) in [6.07, 6.45) is 4.44. The van der Waals surface area contributed by atoms with E-state index in [1.807, 2.05) is 14.0 Å². The molecule has 1 fully saturated rings. The molecule has 1 aliphatic heterocycles. The van der Waals surface area contributed by atoms with Crippen molar-refractivity contribution in [3.63, 3.8) is 0 Å². The molecule has 1 atom stereocenters. The lowest BCUT2D eigenvalue weighted by Gasteiger charge is -2.31.